The fourth-order valence-corrected chi connectivity index (χ4v) is 1.43. The van der Waals surface area contributed by atoms with E-state index in [1.165, 1.54) is 0 Å². The standard InChI is InChI=1S/C12H14F3NO2/c1-16(6-7-17)8-11(18)9-2-4-10(5-3-9)12(13,14)15/h2-5,17H,6-8H2,1H3. The first-order chi connectivity index (χ1) is 8.34. The highest BCUT2D eigenvalue weighted by molar-refractivity contribution is 5.97. The first-order valence-electron chi connectivity index (χ1n) is 5.34. The Hall–Kier alpha value is -1.40. The van der Waals surface area contributed by atoms with Crippen LogP contribution >= 0.6 is 0 Å². The Bertz CT molecular complexity index is 401. The fraction of sp³-hybridized carbons (Fsp3) is 0.417. The van der Waals surface area contributed by atoms with Gasteiger partial charge in [0.2, 0.25) is 0 Å². The zero-order chi connectivity index (χ0) is 13.8. The van der Waals surface area contributed by atoms with E-state index >= 15 is 0 Å². The molecule has 0 spiro atoms. The maximum Gasteiger partial charge on any atom is 0.416 e. The lowest BCUT2D eigenvalue weighted by Gasteiger charge is -2.14. The highest BCUT2D eigenvalue weighted by atomic mass is 19.4. The molecule has 0 atom stereocenters. The average Bonchev–Trinajstić information content (AvgIpc) is 2.28. The summed E-state index contributed by atoms with van der Waals surface area (Å²) in [6, 6.07) is 4.11. The number of likely N-dealkylation sites (N-methyl/N-ethyl adjacent to an activating group) is 1. The molecule has 18 heavy (non-hydrogen) atoms. The van der Waals surface area contributed by atoms with Gasteiger partial charge in [-0.1, -0.05) is 12.1 Å². The Morgan fingerprint density at radius 3 is 2.28 bits per heavy atom. The minimum atomic E-state index is -4.39. The third-order valence-corrected chi connectivity index (χ3v) is 2.43. The van der Waals surface area contributed by atoms with E-state index < -0.39 is 11.7 Å². The number of alkyl halides is 3. The smallest absolute Gasteiger partial charge is 0.395 e. The lowest BCUT2D eigenvalue weighted by Crippen LogP contribution is -2.28. The monoisotopic (exact) mass is 261 g/mol. The van der Waals surface area contributed by atoms with Gasteiger partial charge in [0.05, 0.1) is 18.7 Å². The van der Waals surface area contributed by atoms with Gasteiger partial charge in [-0.25, -0.2) is 0 Å². The van der Waals surface area contributed by atoms with E-state index in [1.54, 1.807) is 11.9 Å². The molecule has 1 aromatic rings. The summed E-state index contributed by atoms with van der Waals surface area (Å²) >= 11 is 0. The number of rotatable bonds is 5. The van der Waals surface area contributed by atoms with Gasteiger partial charge in [0.25, 0.3) is 0 Å². The second-order valence-electron chi connectivity index (χ2n) is 3.96. The summed E-state index contributed by atoms with van der Waals surface area (Å²) < 4.78 is 36.9. The van der Waals surface area contributed by atoms with Crippen molar-refractivity contribution in [3.05, 3.63) is 35.4 Å². The summed E-state index contributed by atoms with van der Waals surface area (Å²) in [5.74, 6) is -0.278. The second kappa shape index (κ2) is 5.97. The molecule has 0 unspecified atom stereocenters. The molecule has 1 aromatic carbocycles. The SMILES string of the molecule is CN(CCO)CC(=O)c1ccc(C(F)(F)F)cc1. The molecule has 0 aromatic heterocycles. The van der Waals surface area contributed by atoms with Crippen LogP contribution in [0.25, 0.3) is 0 Å². The van der Waals surface area contributed by atoms with Crippen molar-refractivity contribution in [3.8, 4) is 0 Å². The van der Waals surface area contributed by atoms with Crippen molar-refractivity contribution in [2.24, 2.45) is 0 Å². The largest absolute Gasteiger partial charge is 0.416 e. The third-order valence-electron chi connectivity index (χ3n) is 2.43. The molecule has 0 fully saturated rings. The van der Waals surface area contributed by atoms with E-state index in [0.717, 1.165) is 24.3 Å². The zero-order valence-corrected chi connectivity index (χ0v) is 9.87. The summed E-state index contributed by atoms with van der Waals surface area (Å²) in [5, 5.41) is 8.67. The van der Waals surface area contributed by atoms with Crippen LogP contribution in [-0.2, 0) is 6.18 Å². The number of Topliss-reactive ketones (excluding diaryl/α,β-unsaturated/α-hetero) is 1. The van der Waals surface area contributed by atoms with Crippen molar-refractivity contribution in [1.29, 1.82) is 0 Å². The van der Waals surface area contributed by atoms with Crippen LogP contribution in [0, 0.1) is 0 Å². The lowest BCUT2D eigenvalue weighted by atomic mass is 10.1. The number of ketones is 1. The summed E-state index contributed by atoms with van der Waals surface area (Å²) in [6.45, 7) is 0.328. The Labute approximate surface area is 103 Å². The van der Waals surface area contributed by atoms with E-state index in [1.807, 2.05) is 0 Å². The van der Waals surface area contributed by atoms with Crippen LogP contribution in [-0.4, -0.2) is 42.5 Å². The molecule has 100 valence electrons. The normalized spacial score (nSPS) is 11.9. The van der Waals surface area contributed by atoms with Crippen molar-refractivity contribution < 1.29 is 23.1 Å². The molecule has 0 aliphatic carbocycles. The van der Waals surface area contributed by atoms with Crippen LogP contribution in [0.4, 0.5) is 13.2 Å². The minimum Gasteiger partial charge on any atom is -0.395 e. The van der Waals surface area contributed by atoms with E-state index in [-0.39, 0.29) is 24.5 Å². The summed E-state index contributed by atoms with van der Waals surface area (Å²) in [4.78, 5) is 13.3. The predicted octanol–water partition coefficient (Wildman–Crippen LogP) is 1.81. The van der Waals surface area contributed by atoms with Gasteiger partial charge >= 0.3 is 6.18 Å². The number of hydrogen-bond donors (Lipinski definition) is 1. The summed E-state index contributed by atoms with van der Waals surface area (Å²) in [7, 11) is 1.65. The van der Waals surface area contributed by atoms with Gasteiger partial charge in [0, 0.05) is 12.1 Å². The van der Waals surface area contributed by atoms with Crippen LogP contribution in [0.5, 0.6) is 0 Å². The molecule has 0 amide bonds. The van der Waals surface area contributed by atoms with E-state index in [4.69, 9.17) is 5.11 Å². The number of nitrogens with zero attached hydrogens (tertiary/aromatic N) is 1. The van der Waals surface area contributed by atoms with Crippen molar-refractivity contribution in [1.82, 2.24) is 4.90 Å². The van der Waals surface area contributed by atoms with Crippen molar-refractivity contribution in [2.75, 3.05) is 26.7 Å². The first kappa shape index (κ1) is 14.7. The maximum absolute atomic E-state index is 12.3. The number of aliphatic hydroxyl groups is 1. The Balaban J connectivity index is 2.71. The van der Waals surface area contributed by atoms with Gasteiger partial charge in [-0.15, -0.1) is 0 Å². The van der Waals surface area contributed by atoms with Crippen molar-refractivity contribution >= 4 is 5.78 Å². The molecular weight excluding hydrogens is 247 g/mol. The predicted molar refractivity (Wildman–Crippen MR) is 60.4 cm³/mol. The molecular formula is C12H14F3NO2. The number of carbonyl (C=O) groups excluding carboxylic acids is 1. The number of benzene rings is 1. The quantitative estimate of drug-likeness (QED) is 0.822. The van der Waals surface area contributed by atoms with Crippen LogP contribution < -0.4 is 0 Å². The molecule has 0 bridgehead atoms. The molecule has 0 aliphatic rings. The first-order valence-corrected chi connectivity index (χ1v) is 5.34. The zero-order valence-electron chi connectivity index (χ0n) is 9.87. The molecule has 1 N–H and O–H groups in total. The highest BCUT2D eigenvalue weighted by Gasteiger charge is 2.30. The van der Waals surface area contributed by atoms with Gasteiger partial charge < -0.3 is 5.11 Å². The van der Waals surface area contributed by atoms with E-state index in [9.17, 15) is 18.0 Å². The topological polar surface area (TPSA) is 40.5 Å². The Morgan fingerprint density at radius 1 is 1.28 bits per heavy atom. The number of halogens is 3. The molecule has 0 heterocycles. The van der Waals surface area contributed by atoms with E-state index in [0.29, 0.717) is 6.54 Å². The fourth-order valence-electron chi connectivity index (χ4n) is 1.43. The number of hydrogen-bond acceptors (Lipinski definition) is 3. The second-order valence-corrected chi connectivity index (χ2v) is 3.96. The summed E-state index contributed by atoms with van der Waals surface area (Å²) in [5.41, 5.74) is -0.546. The van der Waals surface area contributed by atoms with Crippen LogP contribution in [0.1, 0.15) is 15.9 Å². The molecule has 0 saturated heterocycles. The maximum atomic E-state index is 12.3. The molecule has 3 nitrogen and oxygen atoms in total. The molecule has 0 radical (unpaired) electrons. The minimum absolute atomic E-state index is 0.0614. The number of aliphatic hydroxyl groups excluding tert-OH is 1. The van der Waals surface area contributed by atoms with Crippen LogP contribution in [0.15, 0.2) is 24.3 Å². The summed E-state index contributed by atoms with van der Waals surface area (Å²) in [6.07, 6.45) is -4.39. The van der Waals surface area contributed by atoms with Gasteiger partial charge in [-0.05, 0) is 19.2 Å². The van der Waals surface area contributed by atoms with Gasteiger partial charge in [-0.3, -0.25) is 9.69 Å². The Kier molecular flexibility index (Phi) is 4.86. The third kappa shape index (κ3) is 4.12. The van der Waals surface area contributed by atoms with Gasteiger partial charge in [0.1, 0.15) is 0 Å². The Morgan fingerprint density at radius 2 is 1.83 bits per heavy atom. The van der Waals surface area contributed by atoms with E-state index in [2.05, 4.69) is 0 Å². The molecule has 1 rings (SSSR count). The molecule has 0 aliphatic heterocycles. The lowest BCUT2D eigenvalue weighted by molar-refractivity contribution is -0.137. The average molecular weight is 261 g/mol. The number of carbonyl (C=O) groups is 1. The van der Waals surface area contributed by atoms with Gasteiger partial charge in [0.15, 0.2) is 5.78 Å². The van der Waals surface area contributed by atoms with Crippen molar-refractivity contribution in [2.45, 2.75) is 6.18 Å². The van der Waals surface area contributed by atoms with Crippen molar-refractivity contribution in [3.63, 3.8) is 0 Å². The molecule has 6 heteroatoms. The van der Waals surface area contributed by atoms with Crippen LogP contribution in [0.3, 0.4) is 0 Å². The molecule has 0 saturated carbocycles. The van der Waals surface area contributed by atoms with Gasteiger partial charge in [-0.2, -0.15) is 13.2 Å². The van der Waals surface area contributed by atoms with Crippen LogP contribution in [0.2, 0.25) is 0 Å². The highest BCUT2D eigenvalue weighted by Crippen LogP contribution is 2.29.